The Morgan fingerprint density at radius 2 is 1.94 bits per heavy atom. The van der Waals surface area contributed by atoms with Crippen molar-refractivity contribution in [2.75, 3.05) is 13.1 Å². The van der Waals surface area contributed by atoms with E-state index in [9.17, 15) is 5.11 Å². The summed E-state index contributed by atoms with van der Waals surface area (Å²) in [5.41, 5.74) is 2.93. The van der Waals surface area contributed by atoms with Crippen LogP contribution in [0.15, 0.2) is 75.9 Å². The molecule has 166 valence electrons. The minimum Gasteiger partial charge on any atom is -0.468 e. The van der Waals surface area contributed by atoms with Crippen LogP contribution in [-0.2, 0) is 19.4 Å². The van der Waals surface area contributed by atoms with Gasteiger partial charge < -0.3 is 14.0 Å². The molecule has 2 aromatic carbocycles. The normalized spacial score (nSPS) is 12.4. The summed E-state index contributed by atoms with van der Waals surface area (Å²) in [6.07, 6.45) is 2.31. The SMILES string of the molecule is Cc1ccc(-c2noc(CCN(Cc3ccco3)CC(O)Cc3ccccc3)n2)cc1Cl. The van der Waals surface area contributed by atoms with Crippen LogP contribution < -0.4 is 0 Å². The van der Waals surface area contributed by atoms with Crippen molar-refractivity contribution in [2.45, 2.75) is 32.4 Å². The van der Waals surface area contributed by atoms with Crippen LogP contribution in [0.4, 0.5) is 0 Å². The fourth-order valence-electron chi connectivity index (χ4n) is 3.57. The van der Waals surface area contributed by atoms with Crippen molar-refractivity contribution in [3.63, 3.8) is 0 Å². The van der Waals surface area contributed by atoms with Crippen LogP contribution in [0.25, 0.3) is 11.4 Å². The first kappa shape index (κ1) is 22.3. The lowest BCUT2D eigenvalue weighted by Crippen LogP contribution is -2.34. The topological polar surface area (TPSA) is 75.5 Å². The Morgan fingerprint density at radius 1 is 1.09 bits per heavy atom. The van der Waals surface area contributed by atoms with Crippen molar-refractivity contribution >= 4 is 11.6 Å². The molecule has 0 aliphatic heterocycles. The van der Waals surface area contributed by atoms with Gasteiger partial charge >= 0.3 is 0 Å². The number of rotatable bonds is 10. The summed E-state index contributed by atoms with van der Waals surface area (Å²) >= 11 is 6.22. The fraction of sp³-hybridized carbons (Fsp3) is 0.280. The molecule has 0 bridgehead atoms. The van der Waals surface area contributed by atoms with Gasteiger partial charge in [-0.2, -0.15) is 4.98 Å². The lowest BCUT2D eigenvalue weighted by molar-refractivity contribution is 0.104. The Labute approximate surface area is 192 Å². The van der Waals surface area contributed by atoms with Crippen LogP contribution in [0.1, 0.15) is 22.8 Å². The van der Waals surface area contributed by atoms with E-state index in [1.807, 2.05) is 67.6 Å². The number of furan rings is 1. The number of nitrogens with zero attached hydrogens (tertiary/aromatic N) is 3. The molecule has 1 atom stereocenters. The summed E-state index contributed by atoms with van der Waals surface area (Å²) < 4.78 is 11.0. The van der Waals surface area contributed by atoms with Gasteiger partial charge in [0.25, 0.3) is 0 Å². The highest BCUT2D eigenvalue weighted by molar-refractivity contribution is 6.31. The maximum absolute atomic E-state index is 10.7. The minimum absolute atomic E-state index is 0.500. The van der Waals surface area contributed by atoms with Crippen LogP contribution >= 0.6 is 11.6 Å². The maximum Gasteiger partial charge on any atom is 0.228 e. The van der Waals surface area contributed by atoms with E-state index in [1.165, 1.54) is 0 Å². The second-order valence-electron chi connectivity index (χ2n) is 7.88. The number of benzene rings is 2. The Kier molecular flexibility index (Phi) is 7.37. The predicted octanol–water partition coefficient (Wildman–Crippen LogP) is 4.94. The molecule has 2 heterocycles. The molecule has 7 heteroatoms. The van der Waals surface area contributed by atoms with Crippen molar-refractivity contribution in [1.82, 2.24) is 15.0 Å². The van der Waals surface area contributed by atoms with Gasteiger partial charge in [-0.15, -0.1) is 0 Å². The van der Waals surface area contributed by atoms with Gasteiger partial charge in [0, 0.05) is 30.1 Å². The van der Waals surface area contributed by atoms with Crippen LogP contribution in [0, 0.1) is 6.92 Å². The van der Waals surface area contributed by atoms with E-state index < -0.39 is 6.10 Å². The van der Waals surface area contributed by atoms with Crippen molar-refractivity contribution < 1.29 is 14.0 Å². The lowest BCUT2D eigenvalue weighted by atomic mass is 10.1. The van der Waals surface area contributed by atoms with Gasteiger partial charge in [0.1, 0.15) is 5.76 Å². The van der Waals surface area contributed by atoms with E-state index in [2.05, 4.69) is 15.0 Å². The van der Waals surface area contributed by atoms with Crippen LogP contribution in [0.3, 0.4) is 0 Å². The first-order valence-electron chi connectivity index (χ1n) is 10.6. The van der Waals surface area contributed by atoms with Crippen LogP contribution in [-0.4, -0.2) is 39.3 Å². The molecule has 0 aliphatic rings. The summed E-state index contributed by atoms with van der Waals surface area (Å²) in [6, 6.07) is 19.5. The van der Waals surface area contributed by atoms with Gasteiger partial charge in [0.05, 0.1) is 18.9 Å². The molecular weight excluding hydrogens is 426 g/mol. The highest BCUT2D eigenvalue weighted by atomic mass is 35.5. The van der Waals surface area contributed by atoms with E-state index in [-0.39, 0.29) is 0 Å². The molecule has 4 rings (SSSR count). The fourth-order valence-corrected chi connectivity index (χ4v) is 3.75. The number of aliphatic hydroxyl groups excluding tert-OH is 1. The Hall–Kier alpha value is -2.93. The molecule has 0 saturated heterocycles. The molecule has 0 spiro atoms. The average molecular weight is 452 g/mol. The highest BCUT2D eigenvalue weighted by Gasteiger charge is 2.17. The zero-order valence-electron chi connectivity index (χ0n) is 17.9. The molecule has 0 fully saturated rings. The summed E-state index contributed by atoms with van der Waals surface area (Å²) in [4.78, 5) is 6.66. The van der Waals surface area contributed by atoms with Crippen molar-refractivity contribution in [1.29, 1.82) is 0 Å². The number of aliphatic hydroxyl groups is 1. The third-order valence-electron chi connectivity index (χ3n) is 5.28. The third kappa shape index (κ3) is 6.07. The zero-order valence-corrected chi connectivity index (χ0v) is 18.7. The monoisotopic (exact) mass is 451 g/mol. The second kappa shape index (κ2) is 10.6. The van der Waals surface area contributed by atoms with Crippen molar-refractivity contribution in [3.8, 4) is 11.4 Å². The number of aromatic nitrogens is 2. The van der Waals surface area contributed by atoms with Gasteiger partial charge in [-0.25, -0.2) is 0 Å². The van der Waals surface area contributed by atoms with Crippen molar-refractivity contribution in [2.24, 2.45) is 0 Å². The van der Waals surface area contributed by atoms with Gasteiger partial charge in [-0.3, -0.25) is 4.90 Å². The summed E-state index contributed by atoms with van der Waals surface area (Å²) in [6.45, 7) is 3.69. The molecule has 1 N–H and O–H groups in total. The van der Waals surface area contributed by atoms with E-state index in [0.717, 1.165) is 22.5 Å². The largest absolute Gasteiger partial charge is 0.468 e. The summed E-state index contributed by atoms with van der Waals surface area (Å²) in [5.74, 6) is 1.90. The molecule has 32 heavy (non-hydrogen) atoms. The molecule has 2 aromatic heterocycles. The predicted molar refractivity (Wildman–Crippen MR) is 123 cm³/mol. The van der Waals surface area contributed by atoms with E-state index in [0.29, 0.717) is 49.2 Å². The van der Waals surface area contributed by atoms with Crippen LogP contribution in [0.5, 0.6) is 0 Å². The molecule has 0 aliphatic carbocycles. The lowest BCUT2D eigenvalue weighted by Gasteiger charge is -2.23. The molecule has 4 aromatic rings. The number of halogens is 1. The van der Waals surface area contributed by atoms with Gasteiger partial charge in [-0.05, 0) is 42.7 Å². The molecule has 0 saturated carbocycles. The summed E-state index contributed by atoms with van der Waals surface area (Å²) in [5, 5.41) is 15.4. The van der Waals surface area contributed by atoms with E-state index in [4.69, 9.17) is 20.5 Å². The first-order chi connectivity index (χ1) is 15.6. The molecule has 0 amide bonds. The number of hydrogen-bond acceptors (Lipinski definition) is 6. The highest BCUT2D eigenvalue weighted by Crippen LogP contribution is 2.23. The molecule has 0 radical (unpaired) electrons. The summed E-state index contributed by atoms with van der Waals surface area (Å²) in [7, 11) is 0. The quantitative estimate of drug-likeness (QED) is 0.368. The van der Waals surface area contributed by atoms with E-state index in [1.54, 1.807) is 6.26 Å². The first-order valence-corrected chi connectivity index (χ1v) is 11.0. The average Bonchev–Trinajstić information content (AvgIpc) is 3.47. The number of aryl methyl sites for hydroxylation is 1. The third-order valence-corrected chi connectivity index (χ3v) is 5.69. The molecule has 6 nitrogen and oxygen atoms in total. The molecule has 1 unspecified atom stereocenters. The van der Waals surface area contributed by atoms with E-state index >= 15 is 0 Å². The second-order valence-corrected chi connectivity index (χ2v) is 8.29. The Bertz CT molecular complexity index is 1110. The smallest absolute Gasteiger partial charge is 0.228 e. The van der Waals surface area contributed by atoms with Crippen molar-refractivity contribution in [3.05, 3.63) is 94.7 Å². The maximum atomic E-state index is 10.7. The Balaban J connectivity index is 1.39. The standard InChI is InChI=1S/C25H26ClN3O3/c1-18-9-10-20(15-23(18)26)25-27-24(32-28-25)11-12-29(17-22-8-5-13-31-22)16-21(30)14-19-6-3-2-4-7-19/h2-10,13,15,21,30H,11-12,14,16-17H2,1H3. The van der Waals surface area contributed by atoms with Gasteiger partial charge in [0.2, 0.25) is 11.7 Å². The number of hydrogen-bond donors (Lipinski definition) is 1. The minimum atomic E-state index is -0.500. The van der Waals surface area contributed by atoms with Gasteiger partial charge in [-0.1, -0.05) is 59.2 Å². The zero-order chi connectivity index (χ0) is 22.3. The Morgan fingerprint density at radius 3 is 2.69 bits per heavy atom. The van der Waals surface area contributed by atoms with Gasteiger partial charge in [0.15, 0.2) is 0 Å². The molecular formula is C25H26ClN3O3. The van der Waals surface area contributed by atoms with Crippen LogP contribution in [0.2, 0.25) is 5.02 Å².